The summed E-state index contributed by atoms with van der Waals surface area (Å²) >= 11 is 3.79. The Labute approximate surface area is 260 Å². The van der Waals surface area contributed by atoms with Crippen LogP contribution in [0.3, 0.4) is 0 Å². The standard InChI is InChI=1S/C41H28BrN/c42-39-26-27-40(35-22-11-10-21-34(35)39)43(31-18-8-3-9-19-31)32-24-25-38-36(28-32)33-20-12-13-23-37(33)41(38,29-14-4-1-5-15-29)30-16-6-2-7-17-30/h1-28H. The van der Waals surface area contributed by atoms with E-state index >= 15 is 0 Å². The topological polar surface area (TPSA) is 3.24 Å². The molecule has 2 heteroatoms. The molecule has 0 saturated heterocycles. The van der Waals surface area contributed by atoms with E-state index < -0.39 is 5.41 Å². The third kappa shape index (κ3) is 3.98. The van der Waals surface area contributed by atoms with Crippen molar-refractivity contribution in [2.75, 3.05) is 4.90 Å². The normalized spacial score (nSPS) is 13.0. The summed E-state index contributed by atoms with van der Waals surface area (Å²) < 4.78 is 1.10. The Bertz CT molecular complexity index is 2050. The van der Waals surface area contributed by atoms with Gasteiger partial charge in [0.1, 0.15) is 0 Å². The highest BCUT2D eigenvalue weighted by Crippen LogP contribution is 2.57. The predicted octanol–water partition coefficient (Wildman–Crippen LogP) is 11.4. The molecule has 7 aromatic rings. The van der Waals surface area contributed by atoms with E-state index in [0.717, 1.165) is 21.5 Å². The van der Waals surface area contributed by atoms with Crippen LogP contribution in [0, 0.1) is 0 Å². The van der Waals surface area contributed by atoms with Crippen LogP contribution >= 0.6 is 15.9 Å². The van der Waals surface area contributed by atoms with Crippen LogP contribution in [0.1, 0.15) is 22.3 Å². The molecule has 1 nitrogen and oxygen atoms in total. The highest BCUT2D eigenvalue weighted by molar-refractivity contribution is 9.10. The first-order chi connectivity index (χ1) is 21.3. The number of halogens is 1. The number of rotatable bonds is 5. The Kier molecular flexibility index (Phi) is 6.24. The molecule has 0 aromatic heterocycles. The van der Waals surface area contributed by atoms with Crippen LogP contribution in [0.25, 0.3) is 21.9 Å². The minimum atomic E-state index is -0.408. The summed E-state index contributed by atoms with van der Waals surface area (Å²) in [6, 6.07) is 61.6. The van der Waals surface area contributed by atoms with Crippen molar-refractivity contribution < 1.29 is 0 Å². The molecule has 0 amide bonds. The lowest BCUT2D eigenvalue weighted by atomic mass is 9.68. The van der Waals surface area contributed by atoms with Gasteiger partial charge in [-0.15, -0.1) is 0 Å². The molecule has 1 aliphatic carbocycles. The molecule has 0 atom stereocenters. The van der Waals surface area contributed by atoms with Gasteiger partial charge in [-0.1, -0.05) is 149 Å². The molecule has 0 N–H and O–H groups in total. The minimum Gasteiger partial charge on any atom is -0.310 e. The molecule has 0 fully saturated rings. The van der Waals surface area contributed by atoms with Gasteiger partial charge in [-0.05, 0) is 75.2 Å². The van der Waals surface area contributed by atoms with E-state index in [2.05, 4.69) is 191 Å². The second kappa shape index (κ2) is 10.4. The smallest absolute Gasteiger partial charge is 0.0713 e. The fourth-order valence-electron chi connectivity index (χ4n) is 7.02. The zero-order valence-corrected chi connectivity index (χ0v) is 25.1. The Morgan fingerprint density at radius 1 is 0.419 bits per heavy atom. The van der Waals surface area contributed by atoms with Gasteiger partial charge in [0.15, 0.2) is 0 Å². The lowest BCUT2D eigenvalue weighted by molar-refractivity contribution is 0.768. The molecule has 0 radical (unpaired) electrons. The van der Waals surface area contributed by atoms with Crippen molar-refractivity contribution >= 4 is 43.8 Å². The van der Waals surface area contributed by atoms with E-state index in [-0.39, 0.29) is 0 Å². The minimum absolute atomic E-state index is 0.408. The molecule has 0 aliphatic heterocycles. The van der Waals surface area contributed by atoms with Gasteiger partial charge in [0, 0.05) is 21.2 Å². The third-order valence-electron chi connectivity index (χ3n) is 8.80. The van der Waals surface area contributed by atoms with Crippen LogP contribution in [0.5, 0.6) is 0 Å². The van der Waals surface area contributed by atoms with Gasteiger partial charge in [-0.2, -0.15) is 0 Å². The summed E-state index contributed by atoms with van der Waals surface area (Å²) in [6.45, 7) is 0. The Morgan fingerprint density at radius 3 is 1.67 bits per heavy atom. The summed E-state index contributed by atoms with van der Waals surface area (Å²) in [6.07, 6.45) is 0. The van der Waals surface area contributed by atoms with Gasteiger partial charge in [0.25, 0.3) is 0 Å². The maximum absolute atomic E-state index is 3.79. The third-order valence-corrected chi connectivity index (χ3v) is 9.49. The lowest BCUT2D eigenvalue weighted by Crippen LogP contribution is -2.28. The van der Waals surface area contributed by atoms with Crippen LogP contribution in [0.15, 0.2) is 174 Å². The molecule has 0 unspecified atom stereocenters. The fourth-order valence-corrected chi connectivity index (χ4v) is 7.50. The van der Waals surface area contributed by atoms with E-state index in [1.807, 2.05) is 0 Å². The van der Waals surface area contributed by atoms with Crippen molar-refractivity contribution in [1.29, 1.82) is 0 Å². The zero-order valence-electron chi connectivity index (χ0n) is 23.5. The van der Waals surface area contributed by atoms with Crippen molar-refractivity contribution in [1.82, 2.24) is 0 Å². The number of benzene rings is 7. The summed E-state index contributed by atoms with van der Waals surface area (Å²) in [5, 5.41) is 2.39. The molecule has 204 valence electrons. The summed E-state index contributed by atoms with van der Waals surface area (Å²) in [5.41, 5.74) is 10.7. The molecule has 0 spiro atoms. The first-order valence-corrected chi connectivity index (χ1v) is 15.4. The molecule has 0 heterocycles. The fraction of sp³-hybridized carbons (Fsp3) is 0.0244. The van der Waals surface area contributed by atoms with Crippen molar-refractivity contribution in [3.63, 3.8) is 0 Å². The van der Waals surface area contributed by atoms with Crippen molar-refractivity contribution in [3.8, 4) is 11.1 Å². The van der Waals surface area contributed by atoms with E-state index in [9.17, 15) is 0 Å². The highest BCUT2D eigenvalue weighted by Gasteiger charge is 2.46. The molecular weight excluding hydrogens is 586 g/mol. The number of hydrogen-bond donors (Lipinski definition) is 0. The largest absolute Gasteiger partial charge is 0.310 e. The Morgan fingerprint density at radius 2 is 0.977 bits per heavy atom. The average molecular weight is 615 g/mol. The van der Waals surface area contributed by atoms with Crippen LogP contribution in [-0.2, 0) is 5.41 Å². The summed E-state index contributed by atoms with van der Waals surface area (Å²) in [4.78, 5) is 2.39. The molecule has 7 aromatic carbocycles. The van der Waals surface area contributed by atoms with Gasteiger partial charge in [0.2, 0.25) is 0 Å². The van der Waals surface area contributed by atoms with E-state index in [1.165, 1.54) is 44.2 Å². The van der Waals surface area contributed by atoms with Gasteiger partial charge in [-0.3, -0.25) is 0 Å². The molecule has 1 aliphatic rings. The second-order valence-electron chi connectivity index (χ2n) is 11.0. The van der Waals surface area contributed by atoms with Gasteiger partial charge >= 0.3 is 0 Å². The molecule has 0 bridgehead atoms. The summed E-state index contributed by atoms with van der Waals surface area (Å²) in [7, 11) is 0. The van der Waals surface area contributed by atoms with Gasteiger partial charge in [0.05, 0.1) is 11.1 Å². The Balaban J connectivity index is 1.42. The van der Waals surface area contributed by atoms with E-state index in [0.29, 0.717) is 0 Å². The van der Waals surface area contributed by atoms with Crippen LogP contribution < -0.4 is 4.90 Å². The molecule has 0 saturated carbocycles. The lowest BCUT2D eigenvalue weighted by Gasteiger charge is -2.34. The average Bonchev–Trinajstić information content (AvgIpc) is 3.38. The number of fused-ring (bicyclic) bond motifs is 4. The van der Waals surface area contributed by atoms with Gasteiger partial charge < -0.3 is 4.90 Å². The predicted molar refractivity (Wildman–Crippen MR) is 184 cm³/mol. The first kappa shape index (κ1) is 25.8. The number of hydrogen-bond acceptors (Lipinski definition) is 1. The zero-order chi connectivity index (χ0) is 28.8. The maximum Gasteiger partial charge on any atom is 0.0713 e. The summed E-state index contributed by atoms with van der Waals surface area (Å²) in [5.74, 6) is 0. The number of para-hydroxylation sites is 1. The molecule has 8 rings (SSSR count). The van der Waals surface area contributed by atoms with Crippen molar-refractivity contribution in [2.45, 2.75) is 5.41 Å². The van der Waals surface area contributed by atoms with E-state index in [1.54, 1.807) is 0 Å². The highest BCUT2D eigenvalue weighted by atomic mass is 79.9. The van der Waals surface area contributed by atoms with E-state index in [4.69, 9.17) is 0 Å². The Hall–Kier alpha value is -4.92. The van der Waals surface area contributed by atoms with Crippen molar-refractivity contribution in [3.05, 3.63) is 197 Å². The second-order valence-corrected chi connectivity index (χ2v) is 11.9. The van der Waals surface area contributed by atoms with Crippen molar-refractivity contribution in [2.24, 2.45) is 0 Å². The quantitative estimate of drug-likeness (QED) is 0.186. The van der Waals surface area contributed by atoms with Crippen LogP contribution in [0.2, 0.25) is 0 Å². The monoisotopic (exact) mass is 613 g/mol. The van der Waals surface area contributed by atoms with Crippen LogP contribution in [0.4, 0.5) is 17.1 Å². The first-order valence-electron chi connectivity index (χ1n) is 14.6. The number of anilines is 3. The molecule has 43 heavy (non-hydrogen) atoms. The van der Waals surface area contributed by atoms with Crippen LogP contribution in [-0.4, -0.2) is 0 Å². The van der Waals surface area contributed by atoms with Gasteiger partial charge in [-0.25, -0.2) is 0 Å². The number of nitrogens with zero attached hydrogens (tertiary/aromatic N) is 1. The SMILES string of the molecule is Brc1ccc(N(c2ccccc2)c2ccc3c(c2)-c2ccccc2C3(c2ccccc2)c2ccccc2)c2ccccc12. The molecular formula is C41H28BrN. The maximum atomic E-state index is 3.79.